The van der Waals surface area contributed by atoms with Gasteiger partial charge in [-0.2, -0.15) is 0 Å². The second-order valence-corrected chi connectivity index (χ2v) is 7.45. The Bertz CT molecular complexity index is 859. The predicted molar refractivity (Wildman–Crippen MR) is 117 cm³/mol. The van der Waals surface area contributed by atoms with Gasteiger partial charge in [-0.15, -0.1) is 24.8 Å². The summed E-state index contributed by atoms with van der Waals surface area (Å²) in [7, 11) is 4.06. The molecule has 8 heteroatoms. The van der Waals surface area contributed by atoms with Crippen LogP contribution in [0.25, 0.3) is 10.9 Å². The van der Waals surface area contributed by atoms with Crippen LogP contribution in [0, 0.1) is 0 Å². The van der Waals surface area contributed by atoms with Crippen molar-refractivity contribution in [3.05, 3.63) is 30.0 Å². The second-order valence-electron chi connectivity index (χ2n) is 7.45. The summed E-state index contributed by atoms with van der Waals surface area (Å²) in [6, 6.07) is 7.14. The number of fused-ring (bicyclic) bond motifs is 1. The summed E-state index contributed by atoms with van der Waals surface area (Å²) < 4.78 is 2.10. The van der Waals surface area contributed by atoms with E-state index >= 15 is 0 Å². The third-order valence-corrected chi connectivity index (χ3v) is 5.89. The van der Waals surface area contributed by atoms with Gasteiger partial charge in [-0.1, -0.05) is 6.07 Å². The number of anilines is 1. The Labute approximate surface area is 177 Å². The lowest BCUT2D eigenvalue weighted by molar-refractivity contribution is -0.134. The minimum absolute atomic E-state index is 0. The fraction of sp³-hybridized carbons (Fsp3) is 0.500. The third-order valence-electron chi connectivity index (χ3n) is 5.89. The van der Waals surface area contributed by atoms with E-state index in [9.17, 15) is 9.59 Å². The molecule has 0 saturated carbocycles. The number of aryl methyl sites for hydroxylation is 1. The molecule has 0 spiro atoms. The summed E-state index contributed by atoms with van der Waals surface area (Å²) in [6.45, 7) is 2.11. The smallest absolute Gasteiger partial charge is 0.234 e. The molecular weight excluding hydrogens is 399 g/mol. The van der Waals surface area contributed by atoms with E-state index in [4.69, 9.17) is 0 Å². The van der Waals surface area contributed by atoms with E-state index in [1.165, 1.54) is 5.69 Å². The molecule has 0 bridgehead atoms. The highest BCUT2D eigenvalue weighted by Gasteiger charge is 2.30. The largest absolute Gasteiger partial charge is 0.371 e. The van der Waals surface area contributed by atoms with Crippen LogP contribution < -0.4 is 15.5 Å². The summed E-state index contributed by atoms with van der Waals surface area (Å²) in [4.78, 5) is 26.1. The summed E-state index contributed by atoms with van der Waals surface area (Å²) in [5.41, 5.74) is 3.40. The van der Waals surface area contributed by atoms with Crippen LogP contribution in [-0.4, -0.2) is 42.6 Å². The summed E-state index contributed by atoms with van der Waals surface area (Å²) in [6.07, 6.45) is 5.35. The van der Waals surface area contributed by atoms with E-state index in [0.29, 0.717) is 18.9 Å². The number of amides is 2. The van der Waals surface area contributed by atoms with Crippen LogP contribution in [0.4, 0.5) is 5.69 Å². The zero-order valence-corrected chi connectivity index (χ0v) is 17.9. The zero-order valence-electron chi connectivity index (χ0n) is 16.2. The first-order valence-corrected chi connectivity index (χ1v) is 9.41. The summed E-state index contributed by atoms with van der Waals surface area (Å²) in [5.74, 6) is -0.584. The average Bonchev–Trinajstić information content (AvgIpc) is 2.98. The lowest BCUT2D eigenvalue weighted by atomic mass is 9.90. The maximum Gasteiger partial charge on any atom is 0.234 e. The van der Waals surface area contributed by atoms with Crippen molar-refractivity contribution in [1.29, 1.82) is 0 Å². The molecule has 2 amide bonds. The molecule has 1 atom stereocenters. The number of benzene rings is 1. The molecule has 2 fully saturated rings. The van der Waals surface area contributed by atoms with Crippen LogP contribution in [0.1, 0.15) is 37.2 Å². The van der Waals surface area contributed by atoms with Crippen molar-refractivity contribution in [2.24, 2.45) is 7.05 Å². The number of halogens is 2. The molecule has 2 N–H and O–H groups in total. The molecular formula is C20H28Cl2N4O2. The topological polar surface area (TPSA) is 66.4 Å². The molecule has 1 aromatic carbocycles. The van der Waals surface area contributed by atoms with E-state index < -0.39 is 0 Å². The SMILES string of the molecule is CNC1CCN(c2ccc3c(C4CCC(=O)NC4=O)cn(C)c3c2)CC1.Cl.Cl. The molecule has 2 saturated heterocycles. The Morgan fingerprint density at radius 3 is 2.46 bits per heavy atom. The first-order chi connectivity index (χ1) is 12.6. The van der Waals surface area contributed by atoms with Crippen LogP contribution >= 0.6 is 24.8 Å². The molecule has 1 unspecified atom stereocenters. The zero-order chi connectivity index (χ0) is 18.3. The summed E-state index contributed by atoms with van der Waals surface area (Å²) >= 11 is 0. The number of piperidine rings is 2. The number of hydrogen-bond donors (Lipinski definition) is 2. The molecule has 6 nitrogen and oxygen atoms in total. The maximum atomic E-state index is 12.3. The maximum absolute atomic E-state index is 12.3. The van der Waals surface area contributed by atoms with Gasteiger partial charge in [-0.25, -0.2) is 0 Å². The first kappa shape index (κ1) is 22.5. The van der Waals surface area contributed by atoms with Crippen molar-refractivity contribution in [3.8, 4) is 0 Å². The van der Waals surface area contributed by atoms with Crippen LogP contribution in [-0.2, 0) is 16.6 Å². The number of carbonyl (C=O) groups is 2. The predicted octanol–water partition coefficient (Wildman–Crippen LogP) is 2.73. The minimum atomic E-state index is -0.242. The molecule has 2 aliphatic rings. The van der Waals surface area contributed by atoms with Gasteiger partial charge in [0.15, 0.2) is 0 Å². The van der Waals surface area contributed by atoms with Crippen LogP contribution in [0.3, 0.4) is 0 Å². The molecule has 1 aromatic heterocycles. The lowest BCUT2D eigenvalue weighted by Gasteiger charge is -2.33. The number of nitrogens with zero attached hydrogens (tertiary/aromatic N) is 2. The molecule has 154 valence electrons. The van der Waals surface area contributed by atoms with Gasteiger partial charge in [0.25, 0.3) is 0 Å². The van der Waals surface area contributed by atoms with Crippen molar-refractivity contribution in [1.82, 2.24) is 15.2 Å². The highest BCUT2D eigenvalue weighted by molar-refractivity contribution is 6.03. The van der Waals surface area contributed by atoms with Gasteiger partial charge in [0.1, 0.15) is 0 Å². The fourth-order valence-electron chi connectivity index (χ4n) is 4.29. The Kier molecular flexibility index (Phi) is 7.37. The number of rotatable bonds is 3. The van der Waals surface area contributed by atoms with Crippen LogP contribution in [0.15, 0.2) is 24.4 Å². The Morgan fingerprint density at radius 2 is 1.82 bits per heavy atom. The molecule has 0 aliphatic carbocycles. The number of imide groups is 1. The highest BCUT2D eigenvalue weighted by atomic mass is 35.5. The second kappa shape index (κ2) is 9.16. The van der Waals surface area contributed by atoms with Gasteiger partial charge in [0.05, 0.1) is 11.4 Å². The number of nitrogens with one attached hydrogen (secondary N) is 2. The van der Waals surface area contributed by atoms with Gasteiger partial charge in [0.2, 0.25) is 11.8 Å². The Balaban J connectivity index is 0.00000140. The molecule has 4 rings (SSSR count). The van der Waals surface area contributed by atoms with Crippen molar-refractivity contribution in [2.75, 3.05) is 25.0 Å². The van der Waals surface area contributed by atoms with Crippen molar-refractivity contribution in [3.63, 3.8) is 0 Å². The van der Waals surface area contributed by atoms with Gasteiger partial charge in [-0.05, 0) is 44.0 Å². The third kappa shape index (κ3) is 4.14. The van der Waals surface area contributed by atoms with E-state index in [1.54, 1.807) is 0 Å². The van der Waals surface area contributed by atoms with Gasteiger partial charge in [0, 0.05) is 49.9 Å². The number of carbonyl (C=O) groups excluding carboxylic acids is 2. The molecule has 2 aromatic rings. The van der Waals surface area contributed by atoms with Crippen LogP contribution in [0.5, 0.6) is 0 Å². The Morgan fingerprint density at radius 1 is 1.11 bits per heavy atom. The van der Waals surface area contributed by atoms with E-state index in [2.05, 4.69) is 38.3 Å². The standard InChI is InChI=1S/C20H26N4O2.2ClH/c1-21-13-7-9-24(10-8-13)14-3-4-15-17(12-23(2)18(15)11-14)16-5-6-19(25)22-20(16)26;;/h3-4,11-13,16,21H,5-10H2,1-2H3,(H,22,25,26);2*1H. The summed E-state index contributed by atoms with van der Waals surface area (Å²) in [5, 5.41) is 6.95. The fourth-order valence-corrected chi connectivity index (χ4v) is 4.29. The number of aromatic nitrogens is 1. The van der Waals surface area contributed by atoms with E-state index in [1.807, 2.05) is 20.3 Å². The molecule has 2 aliphatic heterocycles. The normalized spacial score (nSPS) is 20.5. The lowest BCUT2D eigenvalue weighted by Crippen LogP contribution is -2.41. The van der Waals surface area contributed by atoms with E-state index in [0.717, 1.165) is 42.4 Å². The van der Waals surface area contributed by atoms with Crippen molar-refractivity contribution < 1.29 is 9.59 Å². The van der Waals surface area contributed by atoms with Crippen molar-refractivity contribution >= 4 is 53.2 Å². The van der Waals surface area contributed by atoms with Gasteiger partial charge >= 0.3 is 0 Å². The molecule has 0 radical (unpaired) electrons. The van der Waals surface area contributed by atoms with Gasteiger partial charge in [-0.3, -0.25) is 14.9 Å². The first-order valence-electron chi connectivity index (χ1n) is 9.41. The monoisotopic (exact) mass is 426 g/mol. The molecule has 3 heterocycles. The van der Waals surface area contributed by atoms with Crippen molar-refractivity contribution in [2.45, 2.75) is 37.6 Å². The number of hydrogen-bond acceptors (Lipinski definition) is 4. The highest BCUT2D eigenvalue weighted by Crippen LogP contribution is 2.34. The van der Waals surface area contributed by atoms with Gasteiger partial charge < -0.3 is 14.8 Å². The average molecular weight is 427 g/mol. The minimum Gasteiger partial charge on any atom is -0.371 e. The quantitative estimate of drug-likeness (QED) is 0.740. The van der Waals surface area contributed by atoms with E-state index in [-0.39, 0.29) is 42.5 Å². The Hall–Kier alpha value is -1.76. The molecule has 28 heavy (non-hydrogen) atoms. The van der Waals surface area contributed by atoms with Crippen LogP contribution in [0.2, 0.25) is 0 Å².